The molecule has 0 saturated heterocycles. The first kappa shape index (κ1) is 22.8. The van der Waals surface area contributed by atoms with Gasteiger partial charge in [-0.15, -0.1) is 0 Å². The van der Waals surface area contributed by atoms with Crippen LogP contribution in [0.25, 0.3) is 0 Å². The van der Waals surface area contributed by atoms with Gasteiger partial charge in [-0.2, -0.15) is 4.98 Å². The summed E-state index contributed by atoms with van der Waals surface area (Å²) >= 11 is 0. The van der Waals surface area contributed by atoms with E-state index in [2.05, 4.69) is 20.2 Å². The van der Waals surface area contributed by atoms with Gasteiger partial charge in [-0.05, 0) is 55.2 Å². The lowest BCUT2D eigenvalue weighted by Crippen LogP contribution is -2.32. The van der Waals surface area contributed by atoms with Gasteiger partial charge in [-0.25, -0.2) is 8.42 Å². The SMILES string of the molecule is COc1ccccc1NS(=O)(=O)c1ccc(C(=O)NC(c2nc(C3CC3)no2)C(C)C)cc1. The second-order valence-corrected chi connectivity index (χ2v) is 9.97. The van der Waals surface area contributed by atoms with Crippen molar-refractivity contribution in [3.05, 3.63) is 65.8 Å². The smallest absolute Gasteiger partial charge is 0.262 e. The fourth-order valence-electron chi connectivity index (χ4n) is 3.34. The molecule has 0 bridgehead atoms. The van der Waals surface area contributed by atoms with E-state index in [1.807, 2.05) is 13.8 Å². The molecule has 33 heavy (non-hydrogen) atoms. The largest absolute Gasteiger partial charge is 0.495 e. The van der Waals surface area contributed by atoms with Gasteiger partial charge in [0, 0.05) is 11.5 Å². The minimum atomic E-state index is -3.86. The lowest BCUT2D eigenvalue weighted by molar-refractivity contribution is 0.0914. The summed E-state index contributed by atoms with van der Waals surface area (Å²) < 4.78 is 38.6. The lowest BCUT2D eigenvalue weighted by Gasteiger charge is -2.18. The Bertz CT molecular complexity index is 1230. The molecule has 2 N–H and O–H groups in total. The maximum atomic E-state index is 12.8. The highest BCUT2D eigenvalue weighted by Gasteiger charge is 2.31. The molecule has 4 rings (SSSR count). The highest BCUT2D eigenvalue weighted by Crippen LogP contribution is 2.38. The van der Waals surface area contributed by atoms with Crippen LogP contribution in [0.2, 0.25) is 0 Å². The number of nitrogens with one attached hydrogen (secondary N) is 2. The second-order valence-electron chi connectivity index (χ2n) is 8.29. The number of carbonyl (C=O) groups is 1. The minimum Gasteiger partial charge on any atom is -0.495 e. The number of ether oxygens (including phenoxy) is 1. The third kappa shape index (κ3) is 5.16. The van der Waals surface area contributed by atoms with Crippen LogP contribution in [0.3, 0.4) is 0 Å². The number of hydrogen-bond donors (Lipinski definition) is 2. The van der Waals surface area contributed by atoms with Gasteiger partial charge in [0.05, 0.1) is 17.7 Å². The number of amides is 1. The van der Waals surface area contributed by atoms with E-state index in [0.717, 1.165) is 12.8 Å². The molecule has 0 aliphatic heterocycles. The van der Waals surface area contributed by atoms with Crippen molar-refractivity contribution in [1.82, 2.24) is 15.5 Å². The van der Waals surface area contributed by atoms with E-state index in [1.165, 1.54) is 31.4 Å². The number of carbonyl (C=O) groups excluding carboxylic acids is 1. The van der Waals surface area contributed by atoms with Gasteiger partial charge in [0.25, 0.3) is 15.9 Å². The van der Waals surface area contributed by atoms with Crippen LogP contribution in [0.1, 0.15) is 60.7 Å². The summed E-state index contributed by atoms with van der Waals surface area (Å²) in [5.74, 6) is 1.47. The molecule has 1 atom stereocenters. The average Bonchev–Trinajstić information content (AvgIpc) is 3.54. The number of benzene rings is 2. The number of methoxy groups -OCH3 is 1. The van der Waals surface area contributed by atoms with Crippen LogP contribution in [0.15, 0.2) is 57.9 Å². The van der Waals surface area contributed by atoms with Crippen molar-refractivity contribution in [3.63, 3.8) is 0 Å². The zero-order valence-electron chi connectivity index (χ0n) is 18.6. The van der Waals surface area contributed by atoms with E-state index >= 15 is 0 Å². The van der Waals surface area contributed by atoms with Gasteiger partial charge in [0.1, 0.15) is 11.8 Å². The van der Waals surface area contributed by atoms with Crippen molar-refractivity contribution >= 4 is 21.6 Å². The molecule has 1 fully saturated rings. The molecular weight excluding hydrogens is 444 g/mol. The molecule has 1 unspecified atom stereocenters. The normalized spacial score (nSPS) is 14.7. The molecule has 1 aromatic heterocycles. The Hall–Kier alpha value is -3.40. The van der Waals surface area contributed by atoms with Crippen LogP contribution < -0.4 is 14.8 Å². The van der Waals surface area contributed by atoms with E-state index in [4.69, 9.17) is 9.26 Å². The molecule has 0 radical (unpaired) electrons. The molecule has 1 aliphatic rings. The minimum absolute atomic E-state index is 0.0196. The number of aromatic nitrogens is 2. The Kier molecular flexibility index (Phi) is 6.37. The molecule has 9 nitrogen and oxygen atoms in total. The number of rotatable bonds is 9. The van der Waals surface area contributed by atoms with E-state index in [1.54, 1.807) is 24.3 Å². The van der Waals surface area contributed by atoms with Gasteiger partial charge in [-0.1, -0.05) is 31.1 Å². The summed E-state index contributed by atoms with van der Waals surface area (Å²) in [5, 5.41) is 6.94. The average molecular weight is 471 g/mol. The summed E-state index contributed by atoms with van der Waals surface area (Å²) in [7, 11) is -2.40. The maximum absolute atomic E-state index is 12.8. The van der Waals surface area contributed by atoms with Crippen molar-refractivity contribution in [2.24, 2.45) is 5.92 Å². The van der Waals surface area contributed by atoms with Crippen LogP contribution in [-0.4, -0.2) is 31.6 Å². The monoisotopic (exact) mass is 470 g/mol. The quantitative estimate of drug-likeness (QED) is 0.486. The van der Waals surface area contributed by atoms with Crippen molar-refractivity contribution in [3.8, 4) is 5.75 Å². The molecule has 1 saturated carbocycles. The van der Waals surface area contributed by atoms with Crippen molar-refractivity contribution in [2.75, 3.05) is 11.8 Å². The van der Waals surface area contributed by atoms with Crippen LogP contribution >= 0.6 is 0 Å². The Morgan fingerprint density at radius 2 is 1.82 bits per heavy atom. The Labute approximate surface area is 192 Å². The van der Waals surface area contributed by atoms with Crippen LogP contribution in [0, 0.1) is 5.92 Å². The number of para-hydroxylation sites is 2. The molecular formula is C23H26N4O5S. The molecule has 2 aromatic carbocycles. The van der Waals surface area contributed by atoms with Crippen molar-refractivity contribution < 1.29 is 22.5 Å². The van der Waals surface area contributed by atoms with Crippen LogP contribution in [0.5, 0.6) is 5.75 Å². The van der Waals surface area contributed by atoms with Gasteiger partial charge >= 0.3 is 0 Å². The molecule has 0 spiro atoms. The zero-order valence-corrected chi connectivity index (χ0v) is 19.4. The molecule has 1 amide bonds. The highest BCUT2D eigenvalue weighted by molar-refractivity contribution is 7.92. The van der Waals surface area contributed by atoms with E-state index < -0.39 is 16.1 Å². The highest BCUT2D eigenvalue weighted by atomic mass is 32.2. The van der Waals surface area contributed by atoms with Crippen molar-refractivity contribution in [1.29, 1.82) is 0 Å². The number of sulfonamides is 1. The van der Waals surface area contributed by atoms with Gasteiger partial charge in [0.2, 0.25) is 5.89 Å². The number of anilines is 1. The first-order valence-corrected chi connectivity index (χ1v) is 12.2. The molecule has 3 aromatic rings. The van der Waals surface area contributed by atoms with Gasteiger partial charge in [-0.3, -0.25) is 9.52 Å². The molecule has 1 heterocycles. The first-order valence-electron chi connectivity index (χ1n) is 10.7. The van der Waals surface area contributed by atoms with Crippen LogP contribution in [-0.2, 0) is 10.0 Å². The van der Waals surface area contributed by atoms with Crippen LogP contribution in [0.4, 0.5) is 5.69 Å². The topological polar surface area (TPSA) is 123 Å². The van der Waals surface area contributed by atoms with Gasteiger partial charge in [0.15, 0.2) is 5.82 Å². The Morgan fingerprint density at radius 3 is 2.45 bits per heavy atom. The summed E-state index contributed by atoms with van der Waals surface area (Å²) in [4.78, 5) is 17.3. The van der Waals surface area contributed by atoms with E-state index in [-0.39, 0.29) is 16.7 Å². The lowest BCUT2D eigenvalue weighted by atomic mass is 10.0. The zero-order chi connectivity index (χ0) is 23.6. The van der Waals surface area contributed by atoms with E-state index in [0.29, 0.717) is 34.6 Å². The summed E-state index contributed by atoms with van der Waals surface area (Å²) in [6.07, 6.45) is 2.11. The van der Waals surface area contributed by atoms with E-state index in [9.17, 15) is 13.2 Å². The predicted molar refractivity (Wildman–Crippen MR) is 122 cm³/mol. The molecule has 10 heteroatoms. The van der Waals surface area contributed by atoms with Crippen molar-refractivity contribution in [2.45, 2.75) is 43.5 Å². The van der Waals surface area contributed by atoms with Gasteiger partial charge < -0.3 is 14.6 Å². The maximum Gasteiger partial charge on any atom is 0.262 e. The third-order valence-corrected chi connectivity index (χ3v) is 6.78. The Balaban J connectivity index is 1.47. The molecule has 174 valence electrons. The summed E-state index contributed by atoms with van der Waals surface area (Å²) in [6, 6.07) is 12.0. The first-order chi connectivity index (χ1) is 15.8. The molecule has 1 aliphatic carbocycles. The second kappa shape index (κ2) is 9.22. The Morgan fingerprint density at radius 1 is 1.12 bits per heavy atom. The number of nitrogens with zero attached hydrogens (tertiary/aromatic N) is 2. The summed E-state index contributed by atoms with van der Waals surface area (Å²) in [6.45, 7) is 3.90. The number of hydrogen-bond acceptors (Lipinski definition) is 7. The fraction of sp³-hybridized carbons (Fsp3) is 0.348. The summed E-state index contributed by atoms with van der Waals surface area (Å²) in [5.41, 5.74) is 0.644. The fourth-order valence-corrected chi connectivity index (χ4v) is 4.41. The standard InChI is InChI=1S/C23H26N4O5S/c1-14(2)20(23-25-21(26-32-23)15-8-9-15)24-22(28)16-10-12-17(13-11-16)33(29,30)27-18-6-4-5-7-19(18)31-3/h4-7,10-15,20,27H,8-9H2,1-3H3,(H,24,28). The third-order valence-electron chi connectivity index (χ3n) is 5.40. The predicted octanol–water partition coefficient (Wildman–Crippen LogP) is 3.88.